The van der Waals surface area contributed by atoms with Crippen LogP contribution >= 0.6 is 0 Å². The molecule has 2 heterocycles. The second kappa shape index (κ2) is 10.1. The van der Waals surface area contributed by atoms with E-state index >= 15 is 0 Å². The third-order valence-electron chi connectivity index (χ3n) is 5.19. The third-order valence-corrected chi connectivity index (χ3v) is 5.19. The Hall–Kier alpha value is -4.33. The normalized spacial score (nSPS) is 10.7. The van der Waals surface area contributed by atoms with Crippen LogP contribution in [0, 0.1) is 6.92 Å². The van der Waals surface area contributed by atoms with Crippen LogP contribution in [0.1, 0.15) is 23.0 Å². The van der Waals surface area contributed by atoms with Crippen LogP contribution in [-0.2, 0) is 9.53 Å². The average molecular weight is 460 g/mol. The van der Waals surface area contributed by atoms with Crippen molar-refractivity contribution in [2.45, 2.75) is 13.8 Å². The Morgan fingerprint density at radius 2 is 1.76 bits per heavy atom. The Morgan fingerprint density at radius 3 is 2.50 bits per heavy atom. The summed E-state index contributed by atoms with van der Waals surface area (Å²) in [5, 5.41) is 3.16. The van der Waals surface area contributed by atoms with Gasteiger partial charge in [0.2, 0.25) is 0 Å². The third kappa shape index (κ3) is 4.85. The highest BCUT2D eigenvalue weighted by Crippen LogP contribution is 2.32. The Balaban J connectivity index is 1.65. The standard InChI is InChI=1S/C26H25N3O5/c1-4-33-23(30)16-27-25-24(28-22-10-5-7-17(2)29(22)25)19-8-6-9-21(15-19)34-26(31)18-11-13-20(32-3)14-12-18/h5-15,27H,4,16H2,1-3H3. The number of benzene rings is 2. The summed E-state index contributed by atoms with van der Waals surface area (Å²) in [6.45, 7) is 4.03. The lowest BCUT2D eigenvalue weighted by atomic mass is 10.1. The number of imidazole rings is 1. The number of anilines is 1. The highest BCUT2D eigenvalue weighted by atomic mass is 16.5. The molecule has 34 heavy (non-hydrogen) atoms. The maximum atomic E-state index is 12.6. The molecule has 0 aliphatic rings. The van der Waals surface area contributed by atoms with Crippen LogP contribution in [0.4, 0.5) is 5.82 Å². The minimum absolute atomic E-state index is 0.00485. The molecule has 1 N–H and O–H groups in total. The molecule has 8 nitrogen and oxygen atoms in total. The number of nitrogens with one attached hydrogen (secondary N) is 1. The molecule has 0 atom stereocenters. The first-order valence-corrected chi connectivity index (χ1v) is 10.8. The predicted molar refractivity (Wildman–Crippen MR) is 128 cm³/mol. The van der Waals surface area contributed by atoms with E-state index in [4.69, 9.17) is 19.2 Å². The van der Waals surface area contributed by atoms with E-state index in [0.717, 1.165) is 16.9 Å². The van der Waals surface area contributed by atoms with E-state index in [2.05, 4.69) is 5.32 Å². The lowest BCUT2D eigenvalue weighted by molar-refractivity contribution is -0.140. The fourth-order valence-corrected chi connectivity index (χ4v) is 3.59. The number of carbonyl (C=O) groups is 2. The van der Waals surface area contributed by atoms with Gasteiger partial charge in [-0.1, -0.05) is 18.2 Å². The monoisotopic (exact) mass is 459 g/mol. The largest absolute Gasteiger partial charge is 0.497 e. The van der Waals surface area contributed by atoms with Gasteiger partial charge in [-0.3, -0.25) is 9.20 Å². The average Bonchev–Trinajstić information content (AvgIpc) is 3.23. The van der Waals surface area contributed by atoms with Gasteiger partial charge in [-0.2, -0.15) is 0 Å². The first kappa shape index (κ1) is 22.8. The molecule has 2 aromatic heterocycles. The smallest absolute Gasteiger partial charge is 0.343 e. The summed E-state index contributed by atoms with van der Waals surface area (Å²) >= 11 is 0. The number of hydrogen-bond donors (Lipinski definition) is 1. The molecule has 0 radical (unpaired) electrons. The summed E-state index contributed by atoms with van der Waals surface area (Å²) in [4.78, 5) is 29.3. The van der Waals surface area contributed by atoms with E-state index in [1.807, 2.05) is 35.6 Å². The van der Waals surface area contributed by atoms with E-state index < -0.39 is 5.97 Å². The van der Waals surface area contributed by atoms with Gasteiger partial charge in [0.1, 0.15) is 35.2 Å². The molecule has 0 saturated carbocycles. The van der Waals surface area contributed by atoms with Crippen molar-refractivity contribution in [3.05, 3.63) is 78.0 Å². The van der Waals surface area contributed by atoms with Crippen molar-refractivity contribution in [3.8, 4) is 22.8 Å². The van der Waals surface area contributed by atoms with Gasteiger partial charge in [-0.05, 0) is 62.4 Å². The molecule has 0 bridgehead atoms. The molecule has 174 valence electrons. The van der Waals surface area contributed by atoms with Crippen LogP contribution in [0.2, 0.25) is 0 Å². The first-order valence-electron chi connectivity index (χ1n) is 10.8. The van der Waals surface area contributed by atoms with Crippen LogP contribution in [0.3, 0.4) is 0 Å². The molecule has 0 saturated heterocycles. The number of pyridine rings is 1. The number of ether oxygens (including phenoxy) is 3. The number of esters is 2. The van der Waals surface area contributed by atoms with Crippen LogP contribution in [-0.4, -0.2) is 41.6 Å². The molecule has 0 fully saturated rings. The summed E-state index contributed by atoms with van der Waals surface area (Å²) < 4.78 is 17.7. The lowest BCUT2D eigenvalue weighted by Crippen LogP contribution is -2.18. The molecule has 0 aliphatic heterocycles. The Morgan fingerprint density at radius 1 is 1.00 bits per heavy atom. The van der Waals surface area contributed by atoms with Crippen LogP contribution < -0.4 is 14.8 Å². The van der Waals surface area contributed by atoms with Crippen molar-refractivity contribution >= 4 is 23.4 Å². The summed E-state index contributed by atoms with van der Waals surface area (Å²) in [7, 11) is 1.56. The van der Waals surface area contributed by atoms with Gasteiger partial charge in [-0.15, -0.1) is 0 Å². The second-order valence-corrected chi connectivity index (χ2v) is 7.47. The van der Waals surface area contributed by atoms with Gasteiger partial charge < -0.3 is 19.5 Å². The molecular formula is C26H25N3O5. The van der Waals surface area contributed by atoms with Crippen molar-refractivity contribution in [1.29, 1.82) is 0 Å². The summed E-state index contributed by atoms with van der Waals surface area (Å²) in [5.41, 5.74) is 3.44. The van der Waals surface area contributed by atoms with Crippen LogP contribution in [0.15, 0.2) is 66.7 Å². The van der Waals surface area contributed by atoms with Gasteiger partial charge in [0.25, 0.3) is 0 Å². The first-order chi connectivity index (χ1) is 16.5. The van der Waals surface area contributed by atoms with Crippen LogP contribution in [0.5, 0.6) is 11.5 Å². The number of hydrogen-bond acceptors (Lipinski definition) is 7. The number of carbonyl (C=O) groups excluding carboxylic acids is 2. The van der Waals surface area contributed by atoms with E-state index in [1.165, 1.54) is 0 Å². The fourth-order valence-electron chi connectivity index (χ4n) is 3.59. The van der Waals surface area contributed by atoms with Crippen LogP contribution in [0.25, 0.3) is 16.9 Å². The quantitative estimate of drug-likeness (QED) is 0.306. The van der Waals surface area contributed by atoms with Crippen molar-refractivity contribution in [3.63, 3.8) is 0 Å². The molecule has 4 rings (SSSR count). The van der Waals surface area contributed by atoms with Crippen molar-refractivity contribution < 1.29 is 23.8 Å². The maximum absolute atomic E-state index is 12.6. The van der Waals surface area contributed by atoms with Gasteiger partial charge in [0.05, 0.1) is 19.3 Å². The summed E-state index contributed by atoms with van der Waals surface area (Å²) in [6, 6.07) is 19.6. The fraction of sp³-hybridized carbons (Fsp3) is 0.192. The SMILES string of the molecule is CCOC(=O)CNc1c(-c2cccc(OC(=O)c3ccc(OC)cc3)c2)nc2cccc(C)n12. The molecule has 2 aromatic carbocycles. The zero-order valence-electron chi connectivity index (χ0n) is 19.2. The topological polar surface area (TPSA) is 91.2 Å². The second-order valence-electron chi connectivity index (χ2n) is 7.47. The molecule has 0 spiro atoms. The molecule has 4 aromatic rings. The minimum Gasteiger partial charge on any atom is -0.497 e. The number of nitrogens with zero attached hydrogens (tertiary/aromatic N) is 2. The lowest BCUT2D eigenvalue weighted by Gasteiger charge is -2.11. The van der Waals surface area contributed by atoms with Crippen molar-refractivity contribution in [2.24, 2.45) is 0 Å². The van der Waals surface area contributed by atoms with E-state index in [0.29, 0.717) is 35.2 Å². The molecule has 8 heteroatoms. The van der Waals surface area contributed by atoms with E-state index in [9.17, 15) is 9.59 Å². The van der Waals surface area contributed by atoms with Crippen molar-refractivity contribution in [2.75, 3.05) is 25.6 Å². The number of methoxy groups -OCH3 is 1. The molecule has 0 unspecified atom stereocenters. The summed E-state index contributed by atoms with van der Waals surface area (Å²) in [6.07, 6.45) is 0. The molecule has 0 amide bonds. The highest BCUT2D eigenvalue weighted by Gasteiger charge is 2.18. The number of aryl methyl sites for hydroxylation is 1. The predicted octanol–water partition coefficient (Wildman–Crippen LogP) is 4.51. The van der Waals surface area contributed by atoms with Gasteiger partial charge in [-0.25, -0.2) is 9.78 Å². The summed E-state index contributed by atoms with van der Waals surface area (Å²) in [5.74, 6) is 0.845. The molecule has 0 aliphatic carbocycles. The van der Waals surface area contributed by atoms with Crippen molar-refractivity contribution in [1.82, 2.24) is 9.38 Å². The van der Waals surface area contributed by atoms with E-state index in [1.54, 1.807) is 56.5 Å². The van der Waals surface area contributed by atoms with Gasteiger partial charge in [0.15, 0.2) is 0 Å². The van der Waals surface area contributed by atoms with E-state index in [-0.39, 0.29) is 12.5 Å². The van der Waals surface area contributed by atoms with Gasteiger partial charge in [0, 0.05) is 11.3 Å². The number of fused-ring (bicyclic) bond motifs is 1. The zero-order chi connectivity index (χ0) is 24.1. The molecular weight excluding hydrogens is 434 g/mol. The minimum atomic E-state index is -0.480. The number of rotatable bonds is 8. The zero-order valence-corrected chi connectivity index (χ0v) is 19.2. The Bertz CT molecular complexity index is 1330. The number of aromatic nitrogens is 2. The Kier molecular flexibility index (Phi) is 6.77. The maximum Gasteiger partial charge on any atom is 0.343 e. The highest BCUT2D eigenvalue weighted by molar-refractivity contribution is 5.91. The van der Waals surface area contributed by atoms with Gasteiger partial charge >= 0.3 is 11.9 Å². The Labute approximate surface area is 197 Å².